The van der Waals surface area contributed by atoms with E-state index in [1.165, 1.54) is 6.07 Å². The second kappa shape index (κ2) is 8.48. The molecule has 0 saturated carbocycles. The summed E-state index contributed by atoms with van der Waals surface area (Å²) in [5.41, 5.74) is 3.59. The molecule has 0 fully saturated rings. The zero-order valence-corrected chi connectivity index (χ0v) is 12.4. The Morgan fingerprint density at radius 2 is 2.05 bits per heavy atom. The van der Waals surface area contributed by atoms with Gasteiger partial charge in [0.15, 0.2) is 0 Å². The molecule has 1 atom stereocenters. The van der Waals surface area contributed by atoms with Gasteiger partial charge in [0, 0.05) is 6.04 Å². The number of rotatable bonds is 8. The van der Waals surface area contributed by atoms with E-state index < -0.39 is 0 Å². The van der Waals surface area contributed by atoms with E-state index in [-0.39, 0.29) is 16.9 Å². The average molecular weight is 288 g/mol. The van der Waals surface area contributed by atoms with Crippen molar-refractivity contribution in [2.75, 3.05) is 19.6 Å². The summed E-state index contributed by atoms with van der Waals surface area (Å²) in [6, 6.07) is 4.98. The van der Waals surface area contributed by atoms with Crippen LogP contribution in [0.5, 0.6) is 0 Å². The summed E-state index contributed by atoms with van der Waals surface area (Å²) in [4.78, 5) is 2.33. The number of hydrogen-bond donors (Lipinski definition) is 2. The van der Waals surface area contributed by atoms with Gasteiger partial charge in [0.1, 0.15) is 5.82 Å². The molecular formula is C14H23ClFN3. The second-order valence-corrected chi connectivity index (χ2v) is 4.97. The van der Waals surface area contributed by atoms with Crippen LogP contribution >= 0.6 is 11.6 Å². The number of nitrogens with zero attached hydrogens (tertiary/aromatic N) is 1. The van der Waals surface area contributed by atoms with Crippen LogP contribution < -0.4 is 11.3 Å². The molecule has 0 aliphatic heterocycles. The Bertz CT molecular complexity index is 383. The van der Waals surface area contributed by atoms with Crippen molar-refractivity contribution in [1.82, 2.24) is 10.3 Å². The largest absolute Gasteiger partial charge is 0.304 e. The predicted octanol–water partition coefficient (Wildman–Crippen LogP) is 2.59. The Kier molecular flexibility index (Phi) is 7.31. The van der Waals surface area contributed by atoms with Crippen molar-refractivity contribution in [3.8, 4) is 0 Å². The van der Waals surface area contributed by atoms with E-state index in [1.54, 1.807) is 6.07 Å². The maximum absolute atomic E-state index is 13.4. The molecule has 0 saturated heterocycles. The van der Waals surface area contributed by atoms with Crippen molar-refractivity contribution >= 4 is 11.6 Å². The first-order valence-electron chi connectivity index (χ1n) is 6.73. The van der Waals surface area contributed by atoms with E-state index in [0.717, 1.165) is 31.6 Å². The monoisotopic (exact) mass is 287 g/mol. The topological polar surface area (TPSA) is 41.3 Å². The number of hydrogen-bond acceptors (Lipinski definition) is 3. The van der Waals surface area contributed by atoms with Gasteiger partial charge in [-0.25, -0.2) is 4.39 Å². The van der Waals surface area contributed by atoms with Crippen LogP contribution in [-0.2, 0) is 6.42 Å². The molecular weight excluding hydrogens is 265 g/mol. The van der Waals surface area contributed by atoms with Crippen molar-refractivity contribution in [2.45, 2.75) is 32.7 Å². The molecule has 0 aromatic heterocycles. The highest BCUT2D eigenvalue weighted by Crippen LogP contribution is 2.21. The Balaban J connectivity index is 2.59. The van der Waals surface area contributed by atoms with E-state index in [2.05, 4.69) is 24.2 Å². The molecule has 1 aromatic carbocycles. The smallest absolute Gasteiger partial charge is 0.142 e. The maximum Gasteiger partial charge on any atom is 0.142 e. The third-order valence-corrected chi connectivity index (χ3v) is 3.85. The first-order valence-corrected chi connectivity index (χ1v) is 7.11. The summed E-state index contributed by atoms with van der Waals surface area (Å²) in [6.45, 7) is 7.29. The lowest BCUT2D eigenvalue weighted by Crippen LogP contribution is -2.39. The SMILES string of the molecule is CCN(CC)CCC(Cc1cccc(F)c1Cl)NN. The summed E-state index contributed by atoms with van der Waals surface area (Å²) in [7, 11) is 0. The maximum atomic E-state index is 13.4. The Labute approximate surface area is 119 Å². The molecule has 1 aromatic rings. The number of nitrogens with one attached hydrogen (secondary N) is 1. The van der Waals surface area contributed by atoms with E-state index in [4.69, 9.17) is 17.4 Å². The average Bonchev–Trinajstić information content (AvgIpc) is 2.43. The van der Waals surface area contributed by atoms with E-state index in [1.807, 2.05) is 6.07 Å². The first kappa shape index (κ1) is 16.4. The molecule has 19 heavy (non-hydrogen) atoms. The summed E-state index contributed by atoms with van der Waals surface area (Å²) < 4.78 is 13.4. The van der Waals surface area contributed by atoms with Crippen LogP contribution in [0.2, 0.25) is 5.02 Å². The fourth-order valence-electron chi connectivity index (χ4n) is 2.09. The molecule has 0 heterocycles. The van der Waals surface area contributed by atoms with Gasteiger partial charge in [-0.3, -0.25) is 11.3 Å². The lowest BCUT2D eigenvalue weighted by atomic mass is 10.0. The molecule has 3 nitrogen and oxygen atoms in total. The van der Waals surface area contributed by atoms with E-state index in [0.29, 0.717) is 6.42 Å². The molecule has 0 radical (unpaired) electrons. The third kappa shape index (κ3) is 5.07. The minimum Gasteiger partial charge on any atom is -0.304 e. The van der Waals surface area contributed by atoms with Crippen LogP contribution in [0.3, 0.4) is 0 Å². The van der Waals surface area contributed by atoms with Crippen molar-refractivity contribution < 1.29 is 4.39 Å². The highest BCUT2D eigenvalue weighted by atomic mass is 35.5. The van der Waals surface area contributed by atoms with Gasteiger partial charge in [0.25, 0.3) is 0 Å². The van der Waals surface area contributed by atoms with Crippen LogP contribution in [0.4, 0.5) is 4.39 Å². The van der Waals surface area contributed by atoms with Crippen LogP contribution in [0, 0.1) is 5.82 Å². The van der Waals surface area contributed by atoms with Gasteiger partial charge in [-0.1, -0.05) is 37.6 Å². The summed E-state index contributed by atoms with van der Waals surface area (Å²) in [6.07, 6.45) is 1.54. The third-order valence-electron chi connectivity index (χ3n) is 3.42. The van der Waals surface area contributed by atoms with Gasteiger partial charge in [0.05, 0.1) is 5.02 Å². The normalized spacial score (nSPS) is 12.9. The summed E-state index contributed by atoms with van der Waals surface area (Å²) in [5.74, 6) is 5.20. The van der Waals surface area contributed by atoms with Crippen LogP contribution in [0.1, 0.15) is 25.8 Å². The quantitative estimate of drug-likeness (QED) is 0.570. The van der Waals surface area contributed by atoms with Gasteiger partial charge < -0.3 is 4.90 Å². The molecule has 0 aliphatic carbocycles. The number of nitrogens with two attached hydrogens (primary N) is 1. The molecule has 0 aliphatic rings. The predicted molar refractivity (Wildman–Crippen MR) is 78.6 cm³/mol. The molecule has 108 valence electrons. The highest BCUT2D eigenvalue weighted by molar-refractivity contribution is 6.31. The molecule has 0 bridgehead atoms. The van der Waals surface area contributed by atoms with Crippen LogP contribution in [0.15, 0.2) is 18.2 Å². The van der Waals surface area contributed by atoms with Crippen molar-refractivity contribution in [3.63, 3.8) is 0 Å². The van der Waals surface area contributed by atoms with Crippen LogP contribution in [-0.4, -0.2) is 30.6 Å². The molecule has 0 amide bonds. The van der Waals surface area contributed by atoms with Gasteiger partial charge in [0.2, 0.25) is 0 Å². The second-order valence-electron chi connectivity index (χ2n) is 4.60. The molecule has 1 rings (SSSR count). The van der Waals surface area contributed by atoms with Gasteiger partial charge in [-0.2, -0.15) is 0 Å². The lowest BCUT2D eigenvalue weighted by Gasteiger charge is -2.22. The molecule has 1 unspecified atom stereocenters. The molecule has 3 N–H and O–H groups in total. The standard InChI is InChI=1S/C14H23ClFN3/c1-3-19(4-2)9-8-12(18-17)10-11-6-5-7-13(16)14(11)15/h5-7,12,18H,3-4,8-10,17H2,1-2H3. The minimum atomic E-state index is -0.376. The van der Waals surface area contributed by atoms with E-state index >= 15 is 0 Å². The Morgan fingerprint density at radius 3 is 2.63 bits per heavy atom. The zero-order valence-electron chi connectivity index (χ0n) is 11.6. The van der Waals surface area contributed by atoms with Gasteiger partial charge >= 0.3 is 0 Å². The minimum absolute atomic E-state index is 0.0971. The zero-order chi connectivity index (χ0) is 14.3. The summed E-state index contributed by atoms with van der Waals surface area (Å²) in [5, 5.41) is 0.200. The molecule has 0 spiro atoms. The first-order chi connectivity index (χ1) is 9.12. The number of hydrazine groups is 1. The van der Waals surface area contributed by atoms with E-state index in [9.17, 15) is 4.39 Å². The van der Waals surface area contributed by atoms with Crippen molar-refractivity contribution in [2.24, 2.45) is 5.84 Å². The fraction of sp³-hybridized carbons (Fsp3) is 0.571. The summed E-state index contributed by atoms with van der Waals surface area (Å²) >= 11 is 5.96. The van der Waals surface area contributed by atoms with Gasteiger partial charge in [-0.15, -0.1) is 0 Å². The fourth-order valence-corrected chi connectivity index (χ4v) is 2.30. The van der Waals surface area contributed by atoms with Gasteiger partial charge in [-0.05, 0) is 44.1 Å². The van der Waals surface area contributed by atoms with Crippen LogP contribution in [0.25, 0.3) is 0 Å². The lowest BCUT2D eigenvalue weighted by molar-refractivity contribution is 0.280. The Hall–Kier alpha value is -0.680. The molecule has 5 heteroatoms. The van der Waals surface area contributed by atoms with Crippen molar-refractivity contribution in [1.29, 1.82) is 0 Å². The Morgan fingerprint density at radius 1 is 1.37 bits per heavy atom. The highest BCUT2D eigenvalue weighted by Gasteiger charge is 2.13. The number of benzene rings is 1. The number of halogens is 2. The van der Waals surface area contributed by atoms with Crippen molar-refractivity contribution in [3.05, 3.63) is 34.6 Å².